The summed E-state index contributed by atoms with van der Waals surface area (Å²) in [7, 11) is -3.74. The first kappa shape index (κ1) is 19.4. The molecule has 1 aromatic carbocycles. The van der Waals surface area contributed by atoms with Crippen LogP contribution in [0.4, 0.5) is 11.4 Å². The molecule has 0 fully saturated rings. The van der Waals surface area contributed by atoms with Crippen LogP contribution in [0.2, 0.25) is 4.34 Å². The normalized spacial score (nSPS) is 11.3. The van der Waals surface area contributed by atoms with Gasteiger partial charge >= 0.3 is 0 Å². The molecule has 0 saturated heterocycles. The standard InChI is InChI=1S/C16H12BrClN2O3S3/c1-9(21)19-11-4-2-10(3-5-11)12-7-24-8-14(12)20-26(22,23)15-6-13(17)16(18)25-15/h2-8,20H,1H3,(H,19,21). The van der Waals surface area contributed by atoms with Crippen molar-refractivity contribution in [1.82, 2.24) is 0 Å². The highest BCUT2D eigenvalue weighted by Crippen LogP contribution is 2.38. The summed E-state index contributed by atoms with van der Waals surface area (Å²) in [4.78, 5) is 11.1. The molecule has 0 aliphatic rings. The maximum Gasteiger partial charge on any atom is 0.271 e. The smallest absolute Gasteiger partial charge is 0.271 e. The van der Waals surface area contributed by atoms with Crippen LogP contribution in [0, 0.1) is 0 Å². The second kappa shape index (κ2) is 7.69. The van der Waals surface area contributed by atoms with Crippen molar-refractivity contribution in [3.8, 4) is 11.1 Å². The maximum atomic E-state index is 12.6. The fraction of sp³-hybridized carbons (Fsp3) is 0.0625. The highest BCUT2D eigenvalue weighted by atomic mass is 79.9. The number of carbonyl (C=O) groups is 1. The maximum absolute atomic E-state index is 12.6. The van der Waals surface area contributed by atoms with E-state index in [1.54, 1.807) is 17.5 Å². The summed E-state index contributed by atoms with van der Waals surface area (Å²) in [6.07, 6.45) is 0. The van der Waals surface area contributed by atoms with E-state index >= 15 is 0 Å². The van der Waals surface area contributed by atoms with E-state index in [2.05, 4.69) is 26.0 Å². The van der Waals surface area contributed by atoms with E-state index < -0.39 is 10.0 Å². The number of rotatable bonds is 5. The number of benzene rings is 1. The molecule has 3 rings (SSSR count). The van der Waals surface area contributed by atoms with Gasteiger partial charge in [-0.05, 0) is 39.7 Å². The quantitative estimate of drug-likeness (QED) is 0.484. The van der Waals surface area contributed by atoms with Crippen LogP contribution in [0.15, 0.2) is 49.8 Å². The topological polar surface area (TPSA) is 75.3 Å². The van der Waals surface area contributed by atoms with Crippen LogP contribution < -0.4 is 10.0 Å². The molecular weight excluding hydrogens is 480 g/mol. The third-order valence-electron chi connectivity index (χ3n) is 3.31. The molecular formula is C16H12BrClN2O3S3. The fourth-order valence-electron chi connectivity index (χ4n) is 2.19. The Bertz CT molecular complexity index is 1040. The van der Waals surface area contributed by atoms with Gasteiger partial charge in [-0.2, -0.15) is 0 Å². The average molecular weight is 492 g/mol. The molecule has 0 atom stereocenters. The largest absolute Gasteiger partial charge is 0.326 e. The molecule has 2 N–H and O–H groups in total. The van der Waals surface area contributed by atoms with Gasteiger partial charge in [0.25, 0.3) is 10.0 Å². The van der Waals surface area contributed by atoms with Crippen LogP contribution in [-0.2, 0) is 14.8 Å². The molecule has 3 aromatic rings. The molecule has 0 aliphatic heterocycles. The lowest BCUT2D eigenvalue weighted by Crippen LogP contribution is -2.11. The Balaban J connectivity index is 1.88. The highest BCUT2D eigenvalue weighted by Gasteiger charge is 2.21. The molecule has 10 heteroatoms. The Morgan fingerprint density at radius 1 is 1.19 bits per heavy atom. The number of nitrogens with one attached hydrogen (secondary N) is 2. The van der Waals surface area contributed by atoms with Crippen LogP contribution >= 0.6 is 50.2 Å². The number of carbonyl (C=O) groups excluding carboxylic acids is 1. The highest BCUT2D eigenvalue weighted by molar-refractivity contribution is 9.10. The Hall–Kier alpha value is -1.39. The van der Waals surface area contributed by atoms with Crippen molar-refractivity contribution in [3.05, 3.63) is 49.9 Å². The number of thiophene rings is 2. The zero-order valence-corrected chi connectivity index (χ0v) is 18.0. The summed E-state index contributed by atoms with van der Waals surface area (Å²) in [5.41, 5.74) is 2.76. The molecule has 1 amide bonds. The first-order valence-electron chi connectivity index (χ1n) is 7.18. The van der Waals surface area contributed by atoms with Crippen molar-refractivity contribution >= 4 is 77.5 Å². The van der Waals surface area contributed by atoms with Gasteiger partial charge < -0.3 is 5.32 Å². The number of halogens is 2. The fourth-order valence-corrected chi connectivity index (χ4v) is 6.43. The van der Waals surface area contributed by atoms with Gasteiger partial charge in [0.2, 0.25) is 5.91 Å². The first-order valence-corrected chi connectivity index (χ1v) is 11.6. The molecule has 2 heterocycles. The van der Waals surface area contributed by atoms with Gasteiger partial charge in [0.05, 0.1) is 5.69 Å². The summed E-state index contributed by atoms with van der Waals surface area (Å²) in [6.45, 7) is 1.44. The number of anilines is 2. The van der Waals surface area contributed by atoms with Crippen LogP contribution in [-0.4, -0.2) is 14.3 Å². The van der Waals surface area contributed by atoms with Crippen molar-refractivity contribution in [1.29, 1.82) is 0 Å². The molecule has 0 aliphatic carbocycles. The van der Waals surface area contributed by atoms with Gasteiger partial charge in [0.15, 0.2) is 0 Å². The summed E-state index contributed by atoms with van der Waals surface area (Å²) < 4.78 is 28.9. The van der Waals surface area contributed by atoms with Gasteiger partial charge in [0.1, 0.15) is 8.55 Å². The second-order valence-corrected chi connectivity index (χ2v) is 10.4. The Kier molecular flexibility index (Phi) is 5.73. The van der Waals surface area contributed by atoms with E-state index in [9.17, 15) is 13.2 Å². The zero-order valence-electron chi connectivity index (χ0n) is 13.2. The third kappa shape index (κ3) is 4.29. The van der Waals surface area contributed by atoms with Gasteiger partial charge in [-0.15, -0.1) is 22.7 Å². The lowest BCUT2D eigenvalue weighted by Gasteiger charge is -2.09. The van der Waals surface area contributed by atoms with Gasteiger partial charge in [-0.1, -0.05) is 23.7 Å². The predicted octanol–water partition coefficient (Wildman–Crippen LogP) is 5.65. The van der Waals surface area contributed by atoms with E-state index in [-0.39, 0.29) is 10.1 Å². The van der Waals surface area contributed by atoms with E-state index in [0.29, 0.717) is 20.2 Å². The minimum atomic E-state index is -3.74. The van der Waals surface area contributed by atoms with Gasteiger partial charge in [-0.3, -0.25) is 9.52 Å². The van der Waals surface area contributed by atoms with Crippen LogP contribution in [0.3, 0.4) is 0 Å². The molecule has 136 valence electrons. The van der Waals surface area contributed by atoms with E-state index in [4.69, 9.17) is 11.6 Å². The summed E-state index contributed by atoms with van der Waals surface area (Å²) in [5, 5.41) is 6.29. The van der Waals surface area contributed by atoms with E-state index in [0.717, 1.165) is 22.5 Å². The zero-order chi connectivity index (χ0) is 18.9. The van der Waals surface area contributed by atoms with Crippen LogP contribution in [0.25, 0.3) is 11.1 Å². The molecule has 2 aromatic heterocycles. The van der Waals surface area contributed by atoms with Crippen molar-refractivity contribution < 1.29 is 13.2 Å². The van der Waals surface area contributed by atoms with Crippen molar-refractivity contribution in [2.24, 2.45) is 0 Å². The van der Waals surface area contributed by atoms with Gasteiger partial charge in [-0.25, -0.2) is 8.42 Å². The second-order valence-electron chi connectivity index (χ2n) is 5.25. The number of sulfonamides is 1. The average Bonchev–Trinajstić information content (AvgIpc) is 3.15. The van der Waals surface area contributed by atoms with E-state index in [1.165, 1.54) is 24.3 Å². The molecule has 0 radical (unpaired) electrons. The predicted molar refractivity (Wildman–Crippen MR) is 112 cm³/mol. The lowest BCUT2D eigenvalue weighted by atomic mass is 10.1. The number of hydrogen-bond acceptors (Lipinski definition) is 5. The lowest BCUT2D eigenvalue weighted by molar-refractivity contribution is -0.114. The summed E-state index contributed by atoms with van der Waals surface area (Å²) in [5.74, 6) is -0.150. The first-order chi connectivity index (χ1) is 12.3. The van der Waals surface area contributed by atoms with E-state index in [1.807, 2.05) is 17.5 Å². The van der Waals surface area contributed by atoms with Crippen LogP contribution in [0.5, 0.6) is 0 Å². The summed E-state index contributed by atoms with van der Waals surface area (Å²) >= 11 is 11.5. The Morgan fingerprint density at radius 3 is 2.46 bits per heavy atom. The van der Waals surface area contributed by atoms with Crippen molar-refractivity contribution in [2.45, 2.75) is 11.1 Å². The molecule has 0 bridgehead atoms. The Labute approximate surface area is 172 Å². The SMILES string of the molecule is CC(=O)Nc1ccc(-c2cscc2NS(=O)(=O)c2cc(Br)c(Cl)s2)cc1. The van der Waals surface area contributed by atoms with Gasteiger partial charge in [0, 0.05) is 33.4 Å². The van der Waals surface area contributed by atoms with Crippen molar-refractivity contribution in [2.75, 3.05) is 10.0 Å². The number of hydrogen-bond donors (Lipinski definition) is 2. The molecule has 26 heavy (non-hydrogen) atoms. The third-order valence-corrected chi connectivity index (χ3v) is 8.37. The molecule has 0 spiro atoms. The monoisotopic (exact) mass is 490 g/mol. The minimum absolute atomic E-state index is 0.132. The molecule has 5 nitrogen and oxygen atoms in total. The molecule has 0 unspecified atom stereocenters. The van der Waals surface area contributed by atoms with Crippen LogP contribution in [0.1, 0.15) is 6.92 Å². The minimum Gasteiger partial charge on any atom is -0.326 e. The summed E-state index contributed by atoms with van der Waals surface area (Å²) in [6, 6.07) is 8.66. The van der Waals surface area contributed by atoms with Crippen molar-refractivity contribution in [3.63, 3.8) is 0 Å². The number of amides is 1. The molecule has 0 saturated carbocycles. The Morgan fingerprint density at radius 2 is 1.88 bits per heavy atom.